The summed E-state index contributed by atoms with van der Waals surface area (Å²) in [6, 6.07) is 0.493. The molecule has 1 atom stereocenters. The monoisotopic (exact) mass is 226 g/mol. The van der Waals surface area contributed by atoms with E-state index in [-0.39, 0.29) is 17.8 Å². The van der Waals surface area contributed by atoms with Crippen molar-refractivity contribution in [1.82, 2.24) is 4.98 Å². The minimum Gasteiger partial charge on any atom is -0.476 e. The number of carbonyl (C=O) groups is 1. The zero-order chi connectivity index (χ0) is 12.1. The van der Waals surface area contributed by atoms with Crippen LogP contribution in [0.2, 0.25) is 0 Å². The summed E-state index contributed by atoms with van der Waals surface area (Å²) in [5.41, 5.74) is -0.0701. The van der Waals surface area contributed by atoms with Crippen LogP contribution in [0, 0.1) is 5.92 Å². The van der Waals surface area contributed by atoms with Crippen LogP contribution in [-0.4, -0.2) is 22.1 Å². The lowest BCUT2D eigenvalue weighted by atomic mass is 9.96. The average Bonchev–Trinajstić information content (AvgIpc) is 2.68. The van der Waals surface area contributed by atoms with E-state index in [1.165, 1.54) is 0 Å². The van der Waals surface area contributed by atoms with Crippen molar-refractivity contribution < 1.29 is 14.3 Å². The summed E-state index contributed by atoms with van der Waals surface area (Å²) in [6.07, 6.45) is 3.28. The molecule has 0 saturated heterocycles. The van der Waals surface area contributed by atoms with Gasteiger partial charge in [0, 0.05) is 6.04 Å². The number of aromatic nitrogens is 1. The fourth-order valence-electron chi connectivity index (χ4n) is 1.75. The molecule has 1 unspecified atom stereocenters. The number of hydrogen-bond donors (Lipinski definition) is 2. The molecule has 90 valence electrons. The number of carboxylic acid groups (broad SMARTS) is 1. The summed E-state index contributed by atoms with van der Waals surface area (Å²) in [5, 5.41) is 11.8. The van der Waals surface area contributed by atoms with Gasteiger partial charge in [0.15, 0.2) is 5.69 Å². The number of oxazole rings is 1. The number of aromatic carboxylic acids is 1. The van der Waals surface area contributed by atoms with Crippen molar-refractivity contribution >= 4 is 12.0 Å². The van der Waals surface area contributed by atoms with Crippen LogP contribution < -0.4 is 5.32 Å². The van der Waals surface area contributed by atoms with E-state index in [1.807, 2.05) is 6.92 Å². The number of rotatable bonds is 6. The van der Waals surface area contributed by atoms with Gasteiger partial charge in [-0.1, -0.05) is 26.7 Å². The molecule has 16 heavy (non-hydrogen) atoms. The Morgan fingerprint density at radius 3 is 2.62 bits per heavy atom. The second-order valence-electron chi connectivity index (χ2n) is 3.85. The second kappa shape index (κ2) is 5.53. The SMILES string of the molecule is CCC(CC)C(C)Nc1nc(C(=O)O)co1. The normalized spacial score (nSPS) is 12.8. The summed E-state index contributed by atoms with van der Waals surface area (Å²) >= 11 is 0. The van der Waals surface area contributed by atoms with Gasteiger partial charge in [-0.25, -0.2) is 4.79 Å². The van der Waals surface area contributed by atoms with Crippen molar-refractivity contribution in [2.24, 2.45) is 5.92 Å². The molecule has 1 rings (SSSR count). The fourth-order valence-corrected chi connectivity index (χ4v) is 1.75. The molecular weight excluding hydrogens is 208 g/mol. The number of nitrogens with zero attached hydrogens (tertiary/aromatic N) is 1. The standard InChI is InChI=1S/C11H18N2O3/c1-4-8(5-2)7(3)12-11-13-9(6-16-11)10(14)15/h6-8H,4-5H2,1-3H3,(H,12,13)(H,14,15). The maximum absolute atomic E-state index is 10.6. The molecule has 0 bridgehead atoms. The van der Waals surface area contributed by atoms with E-state index < -0.39 is 5.97 Å². The van der Waals surface area contributed by atoms with E-state index in [0.717, 1.165) is 19.1 Å². The predicted molar refractivity (Wildman–Crippen MR) is 60.6 cm³/mol. The summed E-state index contributed by atoms with van der Waals surface area (Å²) in [4.78, 5) is 14.4. The molecule has 1 aromatic heterocycles. The van der Waals surface area contributed by atoms with Crippen molar-refractivity contribution in [3.05, 3.63) is 12.0 Å². The molecular formula is C11H18N2O3. The van der Waals surface area contributed by atoms with Gasteiger partial charge < -0.3 is 14.8 Å². The number of nitrogens with one attached hydrogen (secondary N) is 1. The smallest absolute Gasteiger partial charge is 0.357 e. The Labute approximate surface area is 94.9 Å². The first kappa shape index (κ1) is 12.5. The third kappa shape index (κ3) is 2.98. The summed E-state index contributed by atoms with van der Waals surface area (Å²) in [6.45, 7) is 6.30. The van der Waals surface area contributed by atoms with E-state index in [9.17, 15) is 4.79 Å². The Hall–Kier alpha value is -1.52. The lowest BCUT2D eigenvalue weighted by Crippen LogP contribution is -2.25. The minimum atomic E-state index is -1.08. The van der Waals surface area contributed by atoms with Crippen LogP contribution in [-0.2, 0) is 0 Å². The highest BCUT2D eigenvalue weighted by Crippen LogP contribution is 2.17. The van der Waals surface area contributed by atoms with Crippen LogP contribution in [0.5, 0.6) is 0 Å². The van der Waals surface area contributed by atoms with Gasteiger partial charge in [0.2, 0.25) is 0 Å². The maximum atomic E-state index is 10.6. The van der Waals surface area contributed by atoms with Crippen LogP contribution in [0.15, 0.2) is 10.7 Å². The maximum Gasteiger partial charge on any atom is 0.357 e. The largest absolute Gasteiger partial charge is 0.476 e. The van der Waals surface area contributed by atoms with Gasteiger partial charge >= 0.3 is 5.97 Å². The van der Waals surface area contributed by atoms with Gasteiger partial charge in [-0.3, -0.25) is 0 Å². The Kier molecular flexibility index (Phi) is 4.34. The second-order valence-corrected chi connectivity index (χ2v) is 3.85. The molecule has 0 radical (unpaired) electrons. The molecule has 5 nitrogen and oxygen atoms in total. The van der Waals surface area contributed by atoms with Crippen LogP contribution in [0.25, 0.3) is 0 Å². The van der Waals surface area contributed by atoms with E-state index in [4.69, 9.17) is 9.52 Å². The summed E-state index contributed by atoms with van der Waals surface area (Å²) in [5.74, 6) is -0.549. The fraction of sp³-hybridized carbons (Fsp3) is 0.636. The molecule has 0 aliphatic rings. The number of carboxylic acids is 1. The van der Waals surface area contributed by atoms with Gasteiger partial charge in [-0.15, -0.1) is 0 Å². The van der Waals surface area contributed by atoms with Crippen molar-refractivity contribution in [3.8, 4) is 0 Å². The third-order valence-electron chi connectivity index (χ3n) is 2.83. The van der Waals surface area contributed by atoms with Gasteiger partial charge in [0.25, 0.3) is 6.01 Å². The lowest BCUT2D eigenvalue weighted by molar-refractivity contribution is 0.0690. The Balaban J connectivity index is 2.62. The van der Waals surface area contributed by atoms with Crippen molar-refractivity contribution in [2.75, 3.05) is 5.32 Å². The van der Waals surface area contributed by atoms with Crippen LogP contribution >= 0.6 is 0 Å². The average molecular weight is 226 g/mol. The van der Waals surface area contributed by atoms with Crippen LogP contribution in [0.1, 0.15) is 44.1 Å². The molecule has 0 aliphatic carbocycles. The Morgan fingerprint density at radius 1 is 1.56 bits per heavy atom. The zero-order valence-corrected chi connectivity index (χ0v) is 9.86. The van der Waals surface area contributed by atoms with Crippen molar-refractivity contribution in [2.45, 2.75) is 39.7 Å². The highest BCUT2D eigenvalue weighted by molar-refractivity contribution is 5.85. The van der Waals surface area contributed by atoms with Crippen LogP contribution in [0.4, 0.5) is 6.01 Å². The topological polar surface area (TPSA) is 75.4 Å². The van der Waals surface area contributed by atoms with Gasteiger partial charge in [-0.2, -0.15) is 4.98 Å². The highest BCUT2D eigenvalue weighted by atomic mass is 16.4. The Morgan fingerprint density at radius 2 is 2.19 bits per heavy atom. The predicted octanol–water partition coefficient (Wildman–Crippen LogP) is 2.61. The van der Waals surface area contributed by atoms with Crippen molar-refractivity contribution in [3.63, 3.8) is 0 Å². The van der Waals surface area contributed by atoms with Crippen molar-refractivity contribution in [1.29, 1.82) is 0 Å². The van der Waals surface area contributed by atoms with E-state index >= 15 is 0 Å². The van der Waals surface area contributed by atoms with E-state index in [2.05, 4.69) is 24.1 Å². The Bertz CT molecular complexity index is 345. The summed E-state index contributed by atoms with van der Waals surface area (Å²) < 4.78 is 5.03. The zero-order valence-electron chi connectivity index (χ0n) is 9.86. The molecule has 0 fully saturated rings. The summed E-state index contributed by atoms with van der Waals surface area (Å²) in [7, 11) is 0. The lowest BCUT2D eigenvalue weighted by Gasteiger charge is -2.21. The van der Waals surface area contributed by atoms with Gasteiger partial charge in [0.1, 0.15) is 6.26 Å². The van der Waals surface area contributed by atoms with Gasteiger partial charge in [0.05, 0.1) is 0 Å². The van der Waals surface area contributed by atoms with Crippen LogP contribution in [0.3, 0.4) is 0 Å². The molecule has 0 saturated carbocycles. The first-order valence-electron chi connectivity index (χ1n) is 5.53. The third-order valence-corrected chi connectivity index (χ3v) is 2.83. The molecule has 1 heterocycles. The van der Waals surface area contributed by atoms with E-state index in [1.54, 1.807) is 0 Å². The van der Waals surface area contributed by atoms with E-state index in [0.29, 0.717) is 5.92 Å². The molecule has 0 aliphatic heterocycles. The number of hydrogen-bond acceptors (Lipinski definition) is 4. The minimum absolute atomic E-state index is 0.0701. The molecule has 0 amide bonds. The molecule has 0 aromatic carbocycles. The molecule has 0 spiro atoms. The first-order chi connectivity index (χ1) is 7.58. The number of anilines is 1. The molecule has 1 aromatic rings. The molecule has 5 heteroatoms. The van der Waals surface area contributed by atoms with Gasteiger partial charge in [-0.05, 0) is 12.8 Å². The quantitative estimate of drug-likeness (QED) is 0.779. The first-order valence-corrected chi connectivity index (χ1v) is 5.53. The molecule has 2 N–H and O–H groups in total. The highest BCUT2D eigenvalue weighted by Gasteiger charge is 2.16.